The number of aromatic hydroxyl groups is 1. The van der Waals surface area contributed by atoms with Gasteiger partial charge in [-0.3, -0.25) is 4.79 Å². The molecule has 0 bridgehead atoms. The van der Waals surface area contributed by atoms with Crippen LogP contribution in [0.5, 0.6) is 5.75 Å². The molecule has 1 aliphatic heterocycles. The Labute approximate surface area is 111 Å². The normalized spacial score (nSPS) is 22.9. The minimum atomic E-state index is -0.849. The second-order valence-corrected chi connectivity index (χ2v) is 5.52. The highest BCUT2D eigenvalue weighted by atomic mass is 32.1. The van der Waals surface area contributed by atoms with Gasteiger partial charge >= 0.3 is 10.9 Å². The summed E-state index contributed by atoms with van der Waals surface area (Å²) in [5.41, 5.74) is 0.987. The number of carbonyl (C=O) groups is 1. The fraction of sp³-hybridized carbons (Fsp3) is 0.333. The Hall–Kier alpha value is -1.86. The van der Waals surface area contributed by atoms with E-state index >= 15 is 0 Å². The van der Waals surface area contributed by atoms with Crippen LogP contribution in [0.1, 0.15) is 18.0 Å². The van der Waals surface area contributed by atoms with Gasteiger partial charge in [0.25, 0.3) is 0 Å². The van der Waals surface area contributed by atoms with E-state index in [9.17, 15) is 14.7 Å². The quantitative estimate of drug-likeness (QED) is 0.767. The second-order valence-electron chi connectivity index (χ2n) is 4.54. The zero-order valence-corrected chi connectivity index (χ0v) is 10.6. The predicted octanol–water partition coefficient (Wildman–Crippen LogP) is 1.30. The fourth-order valence-electron chi connectivity index (χ4n) is 2.36. The Morgan fingerprint density at radius 2 is 2.26 bits per heavy atom. The van der Waals surface area contributed by atoms with Gasteiger partial charge in [0.15, 0.2) is 0 Å². The van der Waals surface area contributed by atoms with Gasteiger partial charge in [0.1, 0.15) is 11.3 Å². The summed E-state index contributed by atoms with van der Waals surface area (Å²) in [7, 11) is 0. The summed E-state index contributed by atoms with van der Waals surface area (Å²) in [6.45, 7) is 0.366. The van der Waals surface area contributed by atoms with Crippen LogP contribution in [0.2, 0.25) is 0 Å². The van der Waals surface area contributed by atoms with Gasteiger partial charge in [-0.25, -0.2) is 4.79 Å². The minimum Gasteiger partial charge on any atom is -0.508 e. The number of hydrogen-bond acceptors (Lipinski definition) is 6. The lowest BCUT2D eigenvalue weighted by molar-refractivity contribution is -0.141. The van der Waals surface area contributed by atoms with Gasteiger partial charge in [0, 0.05) is 24.2 Å². The molecule has 2 atom stereocenters. The summed E-state index contributed by atoms with van der Waals surface area (Å²) in [4.78, 5) is 21.6. The first-order chi connectivity index (χ1) is 9.04. The molecule has 2 unspecified atom stereocenters. The molecule has 1 aromatic carbocycles. The van der Waals surface area contributed by atoms with Gasteiger partial charge in [-0.05, 0) is 12.5 Å². The second kappa shape index (κ2) is 4.36. The number of hydrogen-bond donors (Lipinski definition) is 3. The van der Waals surface area contributed by atoms with Crippen molar-refractivity contribution in [1.82, 2.24) is 5.32 Å². The van der Waals surface area contributed by atoms with Crippen molar-refractivity contribution >= 4 is 27.6 Å². The molecule has 7 heteroatoms. The van der Waals surface area contributed by atoms with Gasteiger partial charge in [0.05, 0.1) is 10.6 Å². The first-order valence-corrected chi connectivity index (χ1v) is 6.59. The van der Waals surface area contributed by atoms with Gasteiger partial charge < -0.3 is 19.9 Å². The molecule has 3 N–H and O–H groups in total. The van der Waals surface area contributed by atoms with Crippen molar-refractivity contribution in [3.8, 4) is 5.75 Å². The molecule has 3 rings (SSSR count). The lowest BCUT2D eigenvalue weighted by Gasteiger charge is -2.12. The van der Waals surface area contributed by atoms with E-state index < -0.39 is 16.8 Å². The van der Waals surface area contributed by atoms with Gasteiger partial charge in [0.2, 0.25) is 0 Å². The van der Waals surface area contributed by atoms with Crippen LogP contribution in [0.25, 0.3) is 10.3 Å². The minimum absolute atomic E-state index is 0.0492. The average Bonchev–Trinajstić information content (AvgIpc) is 2.92. The van der Waals surface area contributed by atoms with Crippen LogP contribution in [0.3, 0.4) is 0 Å². The first kappa shape index (κ1) is 12.2. The predicted molar refractivity (Wildman–Crippen MR) is 68.5 cm³/mol. The zero-order chi connectivity index (χ0) is 13.6. The molecule has 19 heavy (non-hydrogen) atoms. The van der Waals surface area contributed by atoms with E-state index in [0.717, 1.165) is 11.3 Å². The van der Waals surface area contributed by atoms with E-state index in [2.05, 4.69) is 5.32 Å². The largest absolute Gasteiger partial charge is 0.508 e. The molecule has 0 spiro atoms. The molecule has 100 valence electrons. The third kappa shape index (κ3) is 2.11. The molecular formula is C12H11NO5S. The van der Waals surface area contributed by atoms with Crippen molar-refractivity contribution in [2.24, 2.45) is 5.92 Å². The van der Waals surface area contributed by atoms with Crippen molar-refractivity contribution in [3.63, 3.8) is 0 Å². The summed E-state index contributed by atoms with van der Waals surface area (Å²) in [5, 5.41) is 22.0. The molecule has 1 saturated heterocycles. The van der Waals surface area contributed by atoms with Crippen LogP contribution in [0.4, 0.5) is 0 Å². The number of benzene rings is 1. The maximum atomic E-state index is 11.2. The van der Waals surface area contributed by atoms with Crippen LogP contribution in [-0.2, 0) is 4.79 Å². The van der Waals surface area contributed by atoms with Crippen LogP contribution in [-0.4, -0.2) is 22.7 Å². The summed E-state index contributed by atoms with van der Waals surface area (Å²) in [6.07, 6.45) is 0.406. The molecule has 1 aromatic heterocycles. The molecular weight excluding hydrogens is 270 g/mol. The SMILES string of the molecule is O=C(O)C1CNC(c2cc3oc(=O)sc3cc2O)C1. The molecule has 6 nitrogen and oxygen atoms in total. The number of aliphatic carboxylic acids is 1. The number of rotatable bonds is 2. The molecule has 0 radical (unpaired) electrons. The Morgan fingerprint density at radius 3 is 2.95 bits per heavy atom. The Bertz CT molecular complexity index is 704. The Balaban J connectivity index is 1.98. The smallest absolute Gasteiger partial charge is 0.396 e. The van der Waals surface area contributed by atoms with Crippen molar-refractivity contribution in [1.29, 1.82) is 0 Å². The molecule has 2 heterocycles. The highest BCUT2D eigenvalue weighted by Gasteiger charge is 2.31. The zero-order valence-electron chi connectivity index (χ0n) is 9.75. The lowest BCUT2D eigenvalue weighted by Crippen LogP contribution is -2.17. The number of phenols is 1. The van der Waals surface area contributed by atoms with Gasteiger partial charge in [-0.15, -0.1) is 0 Å². The molecule has 1 aliphatic rings. The Morgan fingerprint density at radius 1 is 1.47 bits per heavy atom. The topological polar surface area (TPSA) is 99.8 Å². The molecule has 1 fully saturated rings. The highest BCUT2D eigenvalue weighted by molar-refractivity contribution is 7.16. The van der Waals surface area contributed by atoms with Crippen molar-refractivity contribution in [3.05, 3.63) is 27.4 Å². The van der Waals surface area contributed by atoms with Crippen molar-refractivity contribution in [2.75, 3.05) is 6.54 Å². The van der Waals surface area contributed by atoms with E-state index in [1.807, 2.05) is 0 Å². The standard InChI is InChI=1S/C12H11NO5S/c14-8-3-10-9(18-12(17)19-10)2-6(8)7-1-5(4-13-7)11(15)16/h2-3,5,7,13-14H,1,4H2,(H,15,16). The van der Waals surface area contributed by atoms with Crippen LogP contribution >= 0.6 is 11.3 Å². The number of carboxylic acid groups (broad SMARTS) is 1. The van der Waals surface area contributed by atoms with Crippen LogP contribution in [0.15, 0.2) is 21.3 Å². The summed E-state index contributed by atoms with van der Waals surface area (Å²) in [5.74, 6) is -1.26. The third-order valence-corrected chi connectivity index (χ3v) is 4.12. The van der Waals surface area contributed by atoms with Crippen LogP contribution in [0, 0.1) is 5.92 Å². The van der Waals surface area contributed by atoms with Gasteiger partial charge in [-0.1, -0.05) is 11.3 Å². The van der Waals surface area contributed by atoms with Crippen LogP contribution < -0.4 is 10.3 Å². The van der Waals surface area contributed by atoms with E-state index in [1.54, 1.807) is 6.07 Å². The summed E-state index contributed by atoms with van der Waals surface area (Å²) in [6, 6.07) is 2.84. The van der Waals surface area contributed by atoms with E-state index in [1.165, 1.54) is 6.07 Å². The lowest BCUT2D eigenvalue weighted by atomic mass is 9.99. The molecule has 0 amide bonds. The van der Waals surface area contributed by atoms with Crippen molar-refractivity contribution < 1.29 is 19.4 Å². The number of fused-ring (bicyclic) bond motifs is 1. The monoisotopic (exact) mass is 281 g/mol. The fourth-order valence-corrected chi connectivity index (χ4v) is 3.05. The van der Waals surface area contributed by atoms with Gasteiger partial charge in [-0.2, -0.15) is 0 Å². The number of phenolic OH excluding ortho intramolecular Hbond substituents is 1. The maximum Gasteiger partial charge on any atom is 0.396 e. The molecule has 0 saturated carbocycles. The highest BCUT2D eigenvalue weighted by Crippen LogP contribution is 2.36. The summed E-state index contributed by atoms with van der Waals surface area (Å²) >= 11 is 0.926. The maximum absolute atomic E-state index is 11.2. The van der Waals surface area contributed by atoms with E-state index in [0.29, 0.717) is 28.8 Å². The van der Waals surface area contributed by atoms with E-state index in [-0.39, 0.29) is 11.8 Å². The average molecular weight is 281 g/mol. The number of nitrogens with one attached hydrogen (secondary N) is 1. The molecule has 2 aromatic rings. The summed E-state index contributed by atoms with van der Waals surface area (Å²) < 4.78 is 5.59. The molecule has 0 aliphatic carbocycles. The van der Waals surface area contributed by atoms with E-state index in [4.69, 9.17) is 9.52 Å². The Kier molecular flexibility index (Phi) is 2.79. The first-order valence-electron chi connectivity index (χ1n) is 5.77. The van der Waals surface area contributed by atoms with Crippen molar-refractivity contribution in [2.45, 2.75) is 12.5 Å². The third-order valence-electron chi connectivity index (χ3n) is 3.34. The number of carboxylic acids is 1.